The molecule has 1 aliphatic rings. The maximum absolute atomic E-state index is 13.6. The fraction of sp³-hybridized carbons (Fsp3) is 0.312. The number of nitrogens with zero attached hydrogens (tertiary/aromatic N) is 5. The van der Waals surface area contributed by atoms with E-state index in [4.69, 9.17) is 9.84 Å². The molecule has 1 saturated carbocycles. The SMILES string of the molecule is COCC[C@@H]1C[C@@H](NC(=O)Nc2c(C)c(-c3cnc4c(cnn4C)c3)nn2-c2ccccc2)[C@H](c2ccccc2)C1. The number of methoxy groups -OCH3 is 1. The summed E-state index contributed by atoms with van der Waals surface area (Å²) < 4.78 is 8.90. The van der Waals surface area contributed by atoms with Gasteiger partial charge in [0.1, 0.15) is 5.82 Å². The average molecular weight is 550 g/mol. The maximum atomic E-state index is 13.6. The summed E-state index contributed by atoms with van der Waals surface area (Å²) in [4.78, 5) is 18.2. The number of ether oxygens (including phenoxy) is 1. The zero-order chi connectivity index (χ0) is 28.3. The van der Waals surface area contributed by atoms with Gasteiger partial charge >= 0.3 is 6.03 Å². The van der Waals surface area contributed by atoms with E-state index >= 15 is 0 Å². The van der Waals surface area contributed by atoms with Crippen LogP contribution in [0.1, 0.15) is 36.3 Å². The molecule has 210 valence electrons. The van der Waals surface area contributed by atoms with Crippen LogP contribution in [0.15, 0.2) is 79.1 Å². The fourth-order valence-electron chi connectivity index (χ4n) is 6.05. The molecule has 2 amide bonds. The van der Waals surface area contributed by atoms with Gasteiger partial charge in [0.05, 0.1) is 17.6 Å². The third-order valence-corrected chi connectivity index (χ3v) is 8.13. The molecule has 1 aliphatic carbocycles. The van der Waals surface area contributed by atoms with Crippen LogP contribution in [0.3, 0.4) is 0 Å². The minimum atomic E-state index is -0.240. The molecule has 6 rings (SSSR count). The van der Waals surface area contributed by atoms with Gasteiger partial charge in [0.25, 0.3) is 0 Å². The highest BCUT2D eigenvalue weighted by Gasteiger charge is 2.36. The van der Waals surface area contributed by atoms with Crippen LogP contribution in [0.4, 0.5) is 10.6 Å². The highest BCUT2D eigenvalue weighted by atomic mass is 16.5. The third kappa shape index (κ3) is 5.45. The van der Waals surface area contributed by atoms with Gasteiger partial charge < -0.3 is 10.1 Å². The van der Waals surface area contributed by atoms with Crippen molar-refractivity contribution in [2.45, 2.75) is 38.1 Å². The Balaban J connectivity index is 1.30. The van der Waals surface area contributed by atoms with E-state index in [0.29, 0.717) is 11.7 Å². The number of carbonyl (C=O) groups excluding carboxylic acids is 1. The molecule has 0 bridgehead atoms. The molecule has 41 heavy (non-hydrogen) atoms. The lowest BCUT2D eigenvalue weighted by molar-refractivity contribution is 0.177. The van der Waals surface area contributed by atoms with Crippen molar-refractivity contribution in [1.82, 2.24) is 29.9 Å². The molecule has 9 nitrogen and oxygen atoms in total. The van der Waals surface area contributed by atoms with Crippen molar-refractivity contribution in [3.8, 4) is 16.9 Å². The quantitative estimate of drug-likeness (QED) is 0.253. The van der Waals surface area contributed by atoms with Crippen molar-refractivity contribution in [3.05, 3.63) is 90.3 Å². The molecular weight excluding hydrogens is 514 g/mol. The zero-order valence-electron chi connectivity index (χ0n) is 23.6. The summed E-state index contributed by atoms with van der Waals surface area (Å²) in [5, 5.41) is 16.7. The Morgan fingerprint density at radius 1 is 1.05 bits per heavy atom. The Morgan fingerprint density at radius 3 is 2.56 bits per heavy atom. The number of urea groups is 1. The zero-order valence-corrected chi connectivity index (χ0v) is 23.6. The Labute approximate surface area is 239 Å². The van der Waals surface area contributed by atoms with Gasteiger partial charge in [0.15, 0.2) is 5.65 Å². The third-order valence-electron chi connectivity index (χ3n) is 8.13. The summed E-state index contributed by atoms with van der Waals surface area (Å²) in [6.45, 7) is 2.71. The van der Waals surface area contributed by atoms with Crippen LogP contribution in [0.25, 0.3) is 28.0 Å². The van der Waals surface area contributed by atoms with E-state index in [9.17, 15) is 4.79 Å². The summed E-state index contributed by atoms with van der Waals surface area (Å²) in [5.41, 5.74) is 5.39. The molecule has 5 aromatic rings. The molecule has 2 N–H and O–H groups in total. The number of hydrogen-bond donors (Lipinski definition) is 2. The molecule has 0 saturated heterocycles. The first-order valence-electron chi connectivity index (χ1n) is 14.1. The molecular formula is C32H35N7O2. The van der Waals surface area contributed by atoms with Gasteiger partial charge in [0.2, 0.25) is 0 Å². The number of benzene rings is 2. The number of aryl methyl sites for hydroxylation is 1. The molecule has 3 heterocycles. The molecule has 0 aliphatic heterocycles. The van der Waals surface area contributed by atoms with Crippen LogP contribution in [0.5, 0.6) is 0 Å². The topological polar surface area (TPSA) is 98.9 Å². The van der Waals surface area contributed by atoms with Gasteiger partial charge in [0, 0.05) is 55.4 Å². The molecule has 1 fully saturated rings. The Morgan fingerprint density at radius 2 is 1.80 bits per heavy atom. The van der Waals surface area contributed by atoms with Crippen molar-refractivity contribution < 1.29 is 9.53 Å². The van der Waals surface area contributed by atoms with Gasteiger partial charge in [-0.25, -0.2) is 14.5 Å². The van der Waals surface area contributed by atoms with Crippen molar-refractivity contribution in [2.24, 2.45) is 13.0 Å². The summed E-state index contributed by atoms with van der Waals surface area (Å²) in [6, 6.07) is 22.1. The number of amides is 2. The molecule has 2 aromatic carbocycles. The van der Waals surface area contributed by atoms with Crippen LogP contribution in [-0.4, -0.2) is 50.3 Å². The summed E-state index contributed by atoms with van der Waals surface area (Å²) in [7, 11) is 3.61. The summed E-state index contributed by atoms with van der Waals surface area (Å²) >= 11 is 0. The van der Waals surface area contributed by atoms with E-state index in [0.717, 1.165) is 59.4 Å². The predicted molar refractivity (Wildman–Crippen MR) is 160 cm³/mol. The van der Waals surface area contributed by atoms with E-state index in [-0.39, 0.29) is 18.0 Å². The van der Waals surface area contributed by atoms with Crippen LogP contribution in [-0.2, 0) is 11.8 Å². The first-order chi connectivity index (χ1) is 20.0. The molecule has 3 atom stereocenters. The van der Waals surface area contributed by atoms with E-state index in [1.165, 1.54) is 5.56 Å². The molecule has 0 unspecified atom stereocenters. The largest absolute Gasteiger partial charge is 0.385 e. The molecule has 0 spiro atoms. The Hall–Kier alpha value is -4.50. The molecule has 0 radical (unpaired) electrons. The monoisotopic (exact) mass is 549 g/mol. The van der Waals surface area contributed by atoms with Crippen molar-refractivity contribution >= 4 is 22.9 Å². The number of para-hydroxylation sites is 1. The van der Waals surface area contributed by atoms with Crippen LogP contribution < -0.4 is 10.6 Å². The summed E-state index contributed by atoms with van der Waals surface area (Å²) in [6.07, 6.45) is 6.52. The number of hydrogen-bond acceptors (Lipinski definition) is 5. The fourth-order valence-corrected chi connectivity index (χ4v) is 6.05. The highest BCUT2D eigenvalue weighted by Crippen LogP contribution is 2.40. The van der Waals surface area contributed by atoms with Crippen LogP contribution >= 0.6 is 0 Å². The Kier molecular flexibility index (Phi) is 7.52. The van der Waals surface area contributed by atoms with Crippen LogP contribution in [0.2, 0.25) is 0 Å². The van der Waals surface area contributed by atoms with Crippen LogP contribution in [0, 0.1) is 12.8 Å². The minimum absolute atomic E-state index is 0.0179. The first-order valence-corrected chi connectivity index (χ1v) is 14.1. The lowest BCUT2D eigenvalue weighted by Crippen LogP contribution is -2.40. The standard InChI is InChI=1S/C32H35N7O2/c1-21-29(24-18-25-20-34-38(2)31(25)33-19-24)37-39(26-12-8-5-9-13-26)30(21)36-32(40)35-28-17-22(14-15-41-3)16-27(28)23-10-6-4-7-11-23/h4-13,18-20,22,27-28H,14-17H2,1-3H3,(H2,35,36,40)/t22-,27-,28+/m0/s1. The molecule has 3 aromatic heterocycles. The number of fused-ring (bicyclic) bond motifs is 1. The van der Waals surface area contributed by atoms with E-state index in [1.807, 2.05) is 62.6 Å². The average Bonchev–Trinajstić information content (AvgIpc) is 3.68. The lowest BCUT2D eigenvalue weighted by atomic mass is 9.93. The smallest absolute Gasteiger partial charge is 0.320 e. The molecule has 9 heteroatoms. The van der Waals surface area contributed by atoms with E-state index < -0.39 is 0 Å². The van der Waals surface area contributed by atoms with Gasteiger partial charge in [-0.15, -0.1) is 0 Å². The second-order valence-corrected chi connectivity index (χ2v) is 10.8. The normalized spacial score (nSPS) is 18.6. The first kappa shape index (κ1) is 26.7. The predicted octanol–water partition coefficient (Wildman–Crippen LogP) is 5.85. The Bertz CT molecular complexity index is 1650. The number of aromatic nitrogens is 5. The maximum Gasteiger partial charge on any atom is 0.320 e. The number of anilines is 1. The number of pyridine rings is 1. The number of nitrogens with one attached hydrogen (secondary N) is 2. The highest BCUT2D eigenvalue weighted by molar-refractivity contribution is 5.91. The van der Waals surface area contributed by atoms with Gasteiger partial charge in [-0.1, -0.05) is 48.5 Å². The van der Waals surface area contributed by atoms with Crippen molar-refractivity contribution in [2.75, 3.05) is 19.0 Å². The minimum Gasteiger partial charge on any atom is -0.385 e. The number of rotatable bonds is 8. The van der Waals surface area contributed by atoms with E-state index in [1.54, 1.807) is 22.7 Å². The van der Waals surface area contributed by atoms with Crippen molar-refractivity contribution in [3.63, 3.8) is 0 Å². The second kappa shape index (κ2) is 11.5. The second-order valence-electron chi connectivity index (χ2n) is 10.8. The van der Waals surface area contributed by atoms with Gasteiger partial charge in [-0.05, 0) is 55.9 Å². The summed E-state index contributed by atoms with van der Waals surface area (Å²) in [5.74, 6) is 1.36. The van der Waals surface area contributed by atoms with Gasteiger partial charge in [-0.2, -0.15) is 10.2 Å². The van der Waals surface area contributed by atoms with E-state index in [2.05, 4.69) is 45.0 Å². The lowest BCUT2D eigenvalue weighted by Gasteiger charge is -2.22. The van der Waals surface area contributed by atoms with Gasteiger partial charge in [-0.3, -0.25) is 10.00 Å². The van der Waals surface area contributed by atoms with Crippen molar-refractivity contribution in [1.29, 1.82) is 0 Å². The number of carbonyl (C=O) groups is 1.